The summed E-state index contributed by atoms with van der Waals surface area (Å²) in [5.74, 6) is 0.905. The van der Waals surface area contributed by atoms with Crippen molar-refractivity contribution in [2.45, 2.75) is 20.4 Å². The highest BCUT2D eigenvalue weighted by atomic mass is 16.5. The van der Waals surface area contributed by atoms with Crippen LogP contribution in [0.1, 0.15) is 22.6 Å². The van der Waals surface area contributed by atoms with E-state index in [1.54, 1.807) is 12.4 Å². The lowest BCUT2D eigenvalue weighted by molar-refractivity contribution is 0.355. The average molecular weight is 257 g/mol. The molecule has 0 amide bonds. The van der Waals surface area contributed by atoms with Crippen LogP contribution in [0.15, 0.2) is 35.1 Å². The van der Waals surface area contributed by atoms with Gasteiger partial charge >= 0.3 is 0 Å². The summed E-state index contributed by atoms with van der Waals surface area (Å²) < 4.78 is 5.17. The Labute approximate surface area is 113 Å². The quantitative estimate of drug-likeness (QED) is 0.826. The Morgan fingerprint density at radius 1 is 1.26 bits per heavy atom. The minimum atomic E-state index is 0.849. The second-order valence-electron chi connectivity index (χ2n) is 4.68. The van der Waals surface area contributed by atoms with Crippen molar-refractivity contribution in [3.8, 4) is 0 Å². The molecule has 0 bridgehead atoms. The molecule has 0 radical (unpaired) electrons. The Morgan fingerprint density at radius 3 is 2.63 bits per heavy atom. The van der Waals surface area contributed by atoms with Crippen molar-refractivity contribution in [1.29, 1.82) is 0 Å². The third kappa shape index (κ3) is 3.76. The van der Waals surface area contributed by atoms with Crippen molar-refractivity contribution in [3.63, 3.8) is 0 Å². The number of hydrogen-bond donors (Lipinski definition) is 0. The lowest BCUT2D eigenvalue weighted by atomic mass is 10.2. The van der Waals surface area contributed by atoms with Gasteiger partial charge in [-0.25, -0.2) is 0 Å². The van der Waals surface area contributed by atoms with Gasteiger partial charge in [0.2, 0.25) is 0 Å². The molecule has 100 valence electrons. The van der Waals surface area contributed by atoms with Crippen LogP contribution < -0.4 is 0 Å². The van der Waals surface area contributed by atoms with E-state index in [2.05, 4.69) is 34.2 Å². The van der Waals surface area contributed by atoms with Crippen molar-refractivity contribution in [2.75, 3.05) is 13.6 Å². The zero-order chi connectivity index (χ0) is 13.7. The zero-order valence-corrected chi connectivity index (χ0v) is 11.6. The highest BCUT2D eigenvalue weighted by Crippen LogP contribution is 2.14. The Balaban J connectivity index is 1.89. The predicted octanol–water partition coefficient (Wildman–Crippen LogP) is 2.83. The maximum Gasteiger partial charge on any atom is 0.138 e. The van der Waals surface area contributed by atoms with E-state index in [1.165, 1.54) is 11.1 Å². The van der Waals surface area contributed by atoms with Crippen LogP contribution in [0.2, 0.25) is 0 Å². The van der Waals surface area contributed by atoms with Crippen LogP contribution in [0.4, 0.5) is 0 Å². The molecule has 4 nitrogen and oxygen atoms in total. The third-order valence-electron chi connectivity index (χ3n) is 3.04. The standard InChI is InChI=1S/C15H19N3O/c1-12-15(13(2)19-17-12)11-18(3)10-4-5-14-6-8-16-9-7-14/h4-9H,10-11H2,1-3H3. The van der Waals surface area contributed by atoms with E-state index >= 15 is 0 Å². The molecule has 0 N–H and O–H groups in total. The highest BCUT2D eigenvalue weighted by molar-refractivity contribution is 5.47. The molecule has 2 heterocycles. The maximum absolute atomic E-state index is 5.17. The van der Waals surface area contributed by atoms with E-state index in [0.717, 1.165) is 24.5 Å². The van der Waals surface area contributed by atoms with Gasteiger partial charge in [0, 0.05) is 31.0 Å². The molecule has 0 aromatic carbocycles. The van der Waals surface area contributed by atoms with Gasteiger partial charge in [0.15, 0.2) is 0 Å². The Bertz CT molecular complexity index is 526. The molecule has 0 fully saturated rings. The number of rotatable bonds is 5. The molecule has 2 aromatic rings. The van der Waals surface area contributed by atoms with Crippen LogP contribution in [0.3, 0.4) is 0 Å². The first-order valence-corrected chi connectivity index (χ1v) is 6.33. The molecule has 0 aliphatic heterocycles. The van der Waals surface area contributed by atoms with Crippen LogP contribution >= 0.6 is 0 Å². The van der Waals surface area contributed by atoms with Crippen molar-refractivity contribution in [3.05, 3.63) is 53.2 Å². The first-order chi connectivity index (χ1) is 9.16. The topological polar surface area (TPSA) is 42.2 Å². The smallest absolute Gasteiger partial charge is 0.138 e. The van der Waals surface area contributed by atoms with Gasteiger partial charge in [0.1, 0.15) is 5.76 Å². The first-order valence-electron chi connectivity index (χ1n) is 6.33. The Kier molecular flexibility index (Phi) is 4.47. The minimum Gasteiger partial charge on any atom is -0.361 e. The Hall–Kier alpha value is -1.94. The molecule has 19 heavy (non-hydrogen) atoms. The second kappa shape index (κ2) is 6.29. The predicted molar refractivity (Wildman–Crippen MR) is 75.6 cm³/mol. The molecule has 0 atom stereocenters. The molecule has 2 rings (SSSR count). The monoisotopic (exact) mass is 257 g/mol. The van der Waals surface area contributed by atoms with Crippen LogP contribution in [0.5, 0.6) is 0 Å². The lowest BCUT2D eigenvalue weighted by Crippen LogP contribution is -2.18. The molecule has 0 saturated carbocycles. The summed E-state index contributed by atoms with van der Waals surface area (Å²) in [5, 5.41) is 3.97. The normalized spacial score (nSPS) is 11.6. The molecule has 0 aliphatic rings. The van der Waals surface area contributed by atoms with Gasteiger partial charge < -0.3 is 4.52 Å². The summed E-state index contributed by atoms with van der Waals surface area (Å²) in [5.41, 5.74) is 3.32. The van der Waals surface area contributed by atoms with Crippen LogP contribution in [-0.4, -0.2) is 28.6 Å². The summed E-state index contributed by atoms with van der Waals surface area (Å²) in [6, 6.07) is 3.98. The van der Waals surface area contributed by atoms with Gasteiger partial charge in [-0.1, -0.05) is 17.3 Å². The van der Waals surface area contributed by atoms with Gasteiger partial charge in [-0.3, -0.25) is 9.88 Å². The molecule has 0 aliphatic carbocycles. The van der Waals surface area contributed by atoms with E-state index < -0.39 is 0 Å². The van der Waals surface area contributed by atoms with Gasteiger partial charge in [0.25, 0.3) is 0 Å². The summed E-state index contributed by atoms with van der Waals surface area (Å²) in [6.45, 7) is 5.66. The van der Waals surface area contributed by atoms with Crippen molar-refractivity contribution < 1.29 is 4.52 Å². The molecule has 0 saturated heterocycles. The van der Waals surface area contributed by atoms with Crippen molar-refractivity contribution in [1.82, 2.24) is 15.0 Å². The molecule has 4 heteroatoms. The fourth-order valence-corrected chi connectivity index (χ4v) is 1.91. The minimum absolute atomic E-state index is 0.849. The average Bonchev–Trinajstić information content (AvgIpc) is 2.72. The molecule has 2 aromatic heterocycles. The number of hydrogen-bond acceptors (Lipinski definition) is 4. The van der Waals surface area contributed by atoms with Gasteiger partial charge in [-0.05, 0) is 38.6 Å². The van der Waals surface area contributed by atoms with Gasteiger partial charge in [-0.15, -0.1) is 0 Å². The van der Waals surface area contributed by atoms with E-state index in [0.29, 0.717) is 0 Å². The molecule has 0 spiro atoms. The molecular weight excluding hydrogens is 238 g/mol. The number of pyridine rings is 1. The van der Waals surface area contributed by atoms with Crippen LogP contribution in [0, 0.1) is 13.8 Å². The van der Waals surface area contributed by atoms with E-state index in [1.807, 2.05) is 26.0 Å². The Morgan fingerprint density at radius 2 is 2.00 bits per heavy atom. The fourth-order valence-electron chi connectivity index (χ4n) is 1.91. The van der Waals surface area contributed by atoms with Crippen molar-refractivity contribution >= 4 is 6.08 Å². The first kappa shape index (κ1) is 13.5. The largest absolute Gasteiger partial charge is 0.361 e. The lowest BCUT2D eigenvalue weighted by Gasteiger charge is -2.13. The molecular formula is C15H19N3O. The third-order valence-corrected chi connectivity index (χ3v) is 3.04. The van der Waals surface area contributed by atoms with E-state index in [-0.39, 0.29) is 0 Å². The van der Waals surface area contributed by atoms with Crippen LogP contribution in [-0.2, 0) is 6.54 Å². The summed E-state index contributed by atoms with van der Waals surface area (Å²) >= 11 is 0. The van der Waals surface area contributed by atoms with E-state index in [9.17, 15) is 0 Å². The van der Waals surface area contributed by atoms with Crippen LogP contribution in [0.25, 0.3) is 6.08 Å². The summed E-state index contributed by atoms with van der Waals surface area (Å²) in [7, 11) is 2.09. The molecule has 0 unspecified atom stereocenters. The van der Waals surface area contributed by atoms with Gasteiger partial charge in [-0.2, -0.15) is 0 Å². The number of nitrogens with zero attached hydrogens (tertiary/aromatic N) is 3. The van der Waals surface area contributed by atoms with Crippen molar-refractivity contribution in [2.24, 2.45) is 0 Å². The summed E-state index contributed by atoms with van der Waals surface area (Å²) in [4.78, 5) is 6.22. The number of aromatic nitrogens is 2. The zero-order valence-electron chi connectivity index (χ0n) is 11.6. The number of likely N-dealkylation sites (N-methyl/N-ethyl adjacent to an activating group) is 1. The summed E-state index contributed by atoms with van der Waals surface area (Å²) in [6.07, 6.45) is 7.85. The SMILES string of the molecule is Cc1noc(C)c1CN(C)CC=Cc1ccncc1. The second-order valence-corrected chi connectivity index (χ2v) is 4.68. The van der Waals surface area contributed by atoms with E-state index in [4.69, 9.17) is 4.52 Å². The van der Waals surface area contributed by atoms with Gasteiger partial charge in [0.05, 0.1) is 5.69 Å². The fraction of sp³-hybridized carbons (Fsp3) is 0.333. The number of aryl methyl sites for hydroxylation is 2. The maximum atomic E-state index is 5.17. The highest BCUT2D eigenvalue weighted by Gasteiger charge is 2.10.